The van der Waals surface area contributed by atoms with Crippen molar-refractivity contribution in [3.8, 4) is 16.3 Å². The SMILES string of the molecule is CCN1C[C@H]([C@@H](C)COC)n2cc(-c3nnc(Cc4ccc(F)cc4)s3)c(=O)c(O)c2C1=O. The first-order chi connectivity index (χ1) is 15.8. The van der Waals surface area contributed by atoms with Gasteiger partial charge in [0.25, 0.3) is 5.91 Å². The summed E-state index contributed by atoms with van der Waals surface area (Å²) in [5.41, 5.74) is 0.380. The maximum absolute atomic E-state index is 13.2. The zero-order valence-corrected chi connectivity index (χ0v) is 19.4. The summed E-state index contributed by atoms with van der Waals surface area (Å²) in [6, 6.07) is 5.91. The maximum Gasteiger partial charge on any atom is 0.274 e. The first-order valence-electron chi connectivity index (χ1n) is 10.7. The number of benzene rings is 1. The third kappa shape index (κ3) is 4.40. The molecule has 0 fully saturated rings. The van der Waals surface area contributed by atoms with Crippen LogP contribution in [0.2, 0.25) is 0 Å². The van der Waals surface area contributed by atoms with E-state index in [2.05, 4.69) is 10.2 Å². The average Bonchev–Trinajstić information content (AvgIpc) is 3.26. The van der Waals surface area contributed by atoms with Crippen molar-refractivity contribution in [1.82, 2.24) is 19.7 Å². The van der Waals surface area contributed by atoms with E-state index in [1.54, 1.807) is 34.9 Å². The Hall–Kier alpha value is -3.11. The van der Waals surface area contributed by atoms with Crippen LogP contribution in [0.5, 0.6) is 5.75 Å². The van der Waals surface area contributed by atoms with E-state index >= 15 is 0 Å². The van der Waals surface area contributed by atoms with Crippen LogP contribution in [0.1, 0.15) is 40.9 Å². The van der Waals surface area contributed by atoms with Gasteiger partial charge in [0, 0.05) is 38.7 Å². The third-order valence-corrected chi connectivity index (χ3v) is 6.86. The lowest BCUT2D eigenvalue weighted by Gasteiger charge is -2.38. The molecule has 1 amide bonds. The molecule has 1 aliphatic rings. The number of rotatable bonds is 7. The van der Waals surface area contributed by atoms with Crippen molar-refractivity contribution < 1.29 is 19.0 Å². The number of pyridine rings is 1. The predicted octanol–water partition coefficient (Wildman–Crippen LogP) is 3.10. The Bertz CT molecular complexity index is 1220. The second-order valence-electron chi connectivity index (χ2n) is 8.12. The molecule has 3 aromatic rings. The summed E-state index contributed by atoms with van der Waals surface area (Å²) in [4.78, 5) is 27.6. The van der Waals surface area contributed by atoms with Gasteiger partial charge < -0.3 is 19.3 Å². The molecule has 8 nitrogen and oxygen atoms in total. The van der Waals surface area contributed by atoms with Gasteiger partial charge in [-0.25, -0.2) is 4.39 Å². The van der Waals surface area contributed by atoms with Gasteiger partial charge in [0.2, 0.25) is 5.43 Å². The number of aromatic hydroxyl groups is 1. The highest BCUT2D eigenvalue weighted by atomic mass is 32.1. The molecule has 0 bridgehead atoms. The molecule has 0 unspecified atom stereocenters. The van der Waals surface area contributed by atoms with Crippen LogP contribution < -0.4 is 5.43 Å². The summed E-state index contributed by atoms with van der Waals surface area (Å²) >= 11 is 1.22. The zero-order chi connectivity index (χ0) is 23.7. The Morgan fingerprint density at radius 1 is 1.27 bits per heavy atom. The van der Waals surface area contributed by atoms with Crippen molar-refractivity contribution in [1.29, 1.82) is 0 Å². The van der Waals surface area contributed by atoms with Crippen LogP contribution in [0.25, 0.3) is 10.6 Å². The van der Waals surface area contributed by atoms with Crippen molar-refractivity contribution in [2.24, 2.45) is 5.92 Å². The van der Waals surface area contributed by atoms with Gasteiger partial charge in [-0.15, -0.1) is 10.2 Å². The van der Waals surface area contributed by atoms with Gasteiger partial charge >= 0.3 is 0 Å². The quantitative estimate of drug-likeness (QED) is 0.568. The molecule has 10 heteroatoms. The largest absolute Gasteiger partial charge is 0.503 e. The highest BCUT2D eigenvalue weighted by Gasteiger charge is 2.36. The second kappa shape index (κ2) is 9.40. The first kappa shape index (κ1) is 23.1. The number of hydrogen-bond donors (Lipinski definition) is 1. The van der Waals surface area contributed by atoms with Gasteiger partial charge in [-0.3, -0.25) is 9.59 Å². The van der Waals surface area contributed by atoms with E-state index < -0.39 is 11.2 Å². The van der Waals surface area contributed by atoms with Gasteiger partial charge in [0.05, 0.1) is 18.2 Å². The van der Waals surface area contributed by atoms with Gasteiger partial charge in [-0.05, 0) is 24.6 Å². The molecule has 3 heterocycles. The molecule has 1 aromatic carbocycles. The van der Waals surface area contributed by atoms with Crippen molar-refractivity contribution in [2.45, 2.75) is 26.3 Å². The van der Waals surface area contributed by atoms with E-state index in [0.29, 0.717) is 36.1 Å². The number of aromatic nitrogens is 3. The topological polar surface area (TPSA) is 97.6 Å². The highest BCUT2D eigenvalue weighted by Crippen LogP contribution is 2.33. The first-order valence-corrected chi connectivity index (χ1v) is 11.5. The predicted molar refractivity (Wildman–Crippen MR) is 122 cm³/mol. The molecule has 4 rings (SSSR count). The monoisotopic (exact) mass is 472 g/mol. The van der Waals surface area contributed by atoms with Crippen molar-refractivity contribution in [3.05, 3.63) is 62.8 Å². The lowest BCUT2D eigenvalue weighted by Crippen LogP contribution is -2.46. The van der Waals surface area contributed by atoms with E-state index in [1.807, 2.05) is 13.8 Å². The van der Waals surface area contributed by atoms with Gasteiger partial charge in [-0.2, -0.15) is 0 Å². The molecular formula is C23H25FN4O4S. The van der Waals surface area contributed by atoms with Gasteiger partial charge in [-0.1, -0.05) is 30.4 Å². The van der Waals surface area contributed by atoms with Crippen LogP contribution in [-0.4, -0.2) is 57.5 Å². The minimum absolute atomic E-state index is 0.0131. The summed E-state index contributed by atoms with van der Waals surface area (Å²) < 4.78 is 20.2. The molecule has 33 heavy (non-hydrogen) atoms. The normalized spacial score (nSPS) is 16.7. The summed E-state index contributed by atoms with van der Waals surface area (Å²) in [5, 5.41) is 20.1. The molecule has 2 aromatic heterocycles. The summed E-state index contributed by atoms with van der Waals surface area (Å²) in [6.45, 7) is 5.23. The van der Waals surface area contributed by atoms with E-state index in [9.17, 15) is 19.1 Å². The minimum Gasteiger partial charge on any atom is -0.503 e. The van der Waals surface area contributed by atoms with Crippen molar-refractivity contribution >= 4 is 17.2 Å². The van der Waals surface area contributed by atoms with Crippen LogP contribution in [0.15, 0.2) is 35.3 Å². The molecule has 0 radical (unpaired) electrons. The summed E-state index contributed by atoms with van der Waals surface area (Å²) in [7, 11) is 1.61. The third-order valence-electron chi connectivity index (χ3n) is 5.90. The van der Waals surface area contributed by atoms with Crippen molar-refractivity contribution in [3.63, 3.8) is 0 Å². The molecule has 1 N–H and O–H groups in total. The molecule has 0 saturated heterocycles. The number of amides is 1. The number of halogens is 1. The number of carbonyl (C=O) groups is 1. The molecule has 0 aliphatic carbocycles. The fourth-order valence-electron chi connectivity index (χ4n) is 4.10. The number of nitrogens with zero attached hydrogens (tertiary/aromatic N) is 4. The molecule has 174 valence electrons. The fraction of sp³-hybridized carbons (Fsp3) is 0.391. The van der Waals surface area contributed by atoms with Crippen LogP contribution in [0.4, 0.5) is 4.39 Å². The smallest absolute Gasteiger partial charge is 0.274 e. The van der Waals surface area contributed by atoms with Crippen LogP contribution in [-0.2, 0) is 11.2 Å². The molecule has 0 saturated carbocycles. The molecule has 2 atom stereocenters. The molecule has 1 aliphatic heterocycles. The van der Waals surface area contributed by atoms with Crippen LogP contribution in [0.3, 0.4) is 0 Å². The van der Waals surface area contributed by atoms with Crippen molar-refractivity contribution in [2.75, 3.05) is 26.8 Å². The Kier molecular flexibility index (Phi) is 6.57. The lowest BCUT2D eigenvalue weighted by atomic mass is 9.97. The lowest BCUT2D eigenvalue weighted by molar-refractivity contribution is 0.0574. The number of likely N-dealkylation sites (N-methyl/N-ethyl adjacent to an activating group) is 1. The maximum atomic E-state index is 13.2. The Morgan fingerprint density at radius 3 is 2.67 bits per heavy atom. The standard InChI is InChI=1S/C23H25FN4O4S/c1-4-27-11-17(13(2)12-32-3)28-10-16(20(29)21(30)19(28)23(27)31)22-26-25-18(33-22)9-14-5-7-15(24)8-6-14/h5-8,10,13,17,30H,4,9,11-12H2,1-3H3/t13-,17+/m0/s1. The molecular weight excluding hydrogens is 447 g/mol. The number of methoxy groups -OCH3 is 1. The number of fused-ring (bicyclic) bond motifs is 1. The fourth-order valence-corrected chi connectivity index (χ4v) is 4.98. The highest BCUT2D eigenvalue weighted by molar-refractivity contribution is 7.14. The van der Waals surface area contributed by atoms with E-state index in [-0.39, 0.29) is 34.9 Å². The van der Waals surface area contributed by atoms with Crippen LogP contribution >= 0.6 is 11.3 Å². The van der Waals surface area contributed by atoms with Gasteiger partial charge in [0.1, 0.15) is 10.8 Å². The number of carbonyl (C=O) groups excluding carboxylic acids is 1. The van der Waals surface area contributed by atoms with E-state index in [1.165, 1.54) is 23.5 Å². The Balaban J connectivity index is 1.75. The Morgan fingerprint density at radius 2 is 2.00 bits per heavy atom. The van der Waals surface area contributed by atoms with E-state index in [0.717, 1.165) is 5.56 Å². The van der Waals surface area contributed by atoms with E-state index in [4.69, 9.17) is 4.74 Å². The van der Waals surface area contributed by atoms with Gasteiger partial charge in [0.15, 0.2) is 16.5 Å². The number of ether oxygens (including phenoxy) is 1. The number of hydrogen-bond acceptors (Lipinski definition) is 7. The Labute approximate surface area is 194 Å². The summed E-state index contributed by atoms with van der Waals surface area (Å²) in [5.74, 6) is -1.26. The molecule has 0 spiro atoms. The van der Waals surface area contributed by atoms with Crippen LogP contribution in [0, 0.1) is 11.7 Å². The average molecular weight is 473 g/mol. The second-order valence-corrected chi connectivity index (χ2v) is 9.19. The summed E-state index contributed by atoms with van der Waals surface area (Å²) in [6.07, 6.45) is 2.04. The minimum atomic E-state index is -0.657. The zero-order valence-electron chi connectivity index (χ0n) is 18.6.